The minimum atomic E-state index is -1.26. The Morgan fingerprint density at radius 1 is 1.05 bits per heavy atom. The average Bonchev–Trinajstić information content (AvgIpc) is 3.01. The quantitative estimate of drug-likeness (QED) is 0.313. The van der Waals surface area contributed by atoms with E-state index in [9.17, 15) is 19.2 Å². The largest absolute Gasteiger partial charge is 0.478 e. The number of hydrogen-bond acceptors (Lipinski definition) is 7. The lowest BCUT2D eigenvalue weighted by atomic mass is 10.0. The summed E-state index contributed by atoms with van der Waals surface area (Å²) in [6.07, 6.45) is 1.12. The lowest BCUT2D eigenvalue weighted by Gasteiger charge is -2.15. The first-order chi connectivity index (χ1) is 17.5. The predicted octanol–water partition coefficient (Wildman–Crippen LogP) is 3.88. The van der Waals surface area contributed by atoms with E-state index in [1.807, 2.05) is 18.2 Å². The predicted molar refractivity (Wildman–Crippen MR) is 139 cm³/mol. The van der Waals surface area contributed by atoms with E-state index < -0.39 is 23.8 Å². The maximum atomic E-state index is 12.4. The van der Waals surface area contributed by atoms with Crippen LogP contribution in [0.5, 0.6) is 0 Å². The highest BCUT2D eigenvalue weighted by molar-refractivity contribution is 6.36. The Bertz CT molecular complexity index is 1290. The Morgan fingerprint density at radius 3 is 2.27 bits per heavy atom. The first kappa shape index (κ1) is 29.1. The van der Waals surface area contributed by atoms with Gasteiger partial charge in [0.05, 0.1) is 24.6 Å². The van der Waals surface area contributed by atoms with Crippen molar-refractivity contribution in [3.05, 3.63) is 87.2 Å². The number of benzene rings is 2. The molecule has 3 rings (SSSR count). The van der Waals surface area contributed by atoms with E-state index in [4.69, 9.17) is 38.2 Å². The van der Waals surface area contributed by atoms with E-state index >= 15 is 0 Å². The molecule has 194 valence electrons. The van der Waals surface area contributed by atoms with Gasteiger partial charge >= 0.3 is 17.9 Å². The van der Waals surface area contributed by atoms with Gasteiger partial charge in [-0.1, -0.05) is 41.4 Å². The molecule has 0 saturated carbocycles. The van der Waals surface area contributed by atoms with Crippen LogP contribution in [0.1, 0.15) is 25.0 Å². The number of nitrogens with zero attached hydrogens (tertiary/aromatic N) is 1. The summed E-state index contributed by atoms with van der Waals surface area (Å²) in [6.45, 7) is 3.29. The van der Waals surface area contributed by atoms with Crippen LogP contribution in [-0.4, -0.2) is 52.9 Å². The van der Waals surface area contributed by atoms with Crippen LogP contribution >= 0.6 is 23.2 Å². The molecule has 2 aromatic rings. The average molecular weight is 548 g/mol. The van der Waals surface area contributed by atoms with Gasteiger partial charge in [-0.25, -0.2) is 14.4 Å². The molecule has 0 bridgehead atoms. The zero-order valence-corrected chi connectivity index (χ0v) is 21.3. The first-order valence-corrected chi connectivity index (χ1v) is 11.5. The van der Waals surface area contributed by atoms with Crippen LogP contribution in [-0.2, 0) is 23.9 Å². The number of rotatable bonds is 6. The molecule has 10 nitrogen and oxygen atoms in total. The van der Waals surface area contributed by atoms with Crippen LogP contribution in [0.25, 0.3) is 0 Å². The molecule has 1 amide bonds. The van der Waals surface area contributed by atoms with Crippen molar-refractivity contribution in [1.82, 2.24) is 5.32 Å². The summed E-state index contributed by atoms with van der Waals surface area (Å²) in [5.41, 5.74) is 3.19. The number of anilines is 1. The molecule has 1 aliphatic rings. The standard InChI is InChI=1S/C21H19Cl2N3O3.C4H4O4/c1-3-29-21(28)20(25-12(2)27)18-11-24-19(14-6-4-5-7-16(14)23)15-10-13(22)8-9-17(15)26-18;5-3(6)1-2-4(7)8/h4-10,26H,3,11H2,1-2H3,(H,25,27);1-2H,(H,5,6)(H,7,8)/b20-18+;2-1-. The third-order valence-corrected chi connectivity index (χ3v) is 5.06. The summed E-state index contributed by atoms with van der Waals surface area (Å²) in [5.74, 6) is -3.55. The Kier molecular flexibility index (Phi) is 10.9. The number of ether oxygens (including phenoxy) is 1. The molecule has 1 aliphatic heterocycles. The number of nitrogens with one attached hydrogen (secondary N) is 2. The van der Waals surface area contributed by atoms with Crippen LogP contribution in [0.4, 0.5) is 5.69 Å². The summed E-state index contributed by atoms with van der Waals surface area (Å²) in [7, 11) is 0. The van der Waals surface area contributed by atoms with Gasteiger partial charge in [0.25, 0.3) is 0 Å². The number of halogens is 2. The Hall–Kier alpha value is -4.15. The van der Waals surface area contributed by atoms with E-state index in [0.717, 1.165) is 11.1 Å². The van der Waals surface area contributed by atoms with Gasteiger partial charge in [-0.05, 0) is 31.2 Å². The second-order valence-electron chi connectivity index (χ2n) is 7.22. The lowest BCUT2D eigenvalue weighted by molar-refractivity contribution is -0.140. The fourth-order valence-electron chi connectivity index (χ4n) is 3.06. The first-order valence-electron chi connectivity index (χ1n) is 10.7. The van der Waals surface area contributed by atoms with Crippen molar-refractivity contribution >= 4 is 58.4 Å². The fourth-order valence-corrected chi connectivity index (χ4v) is 3.46. The minimum absolute atomic E-state index is 0.0180. The van der Waals surface area contributed by atoms with Gasteiger partial charge in [0.2, 0.25) is 5.91 Å². The molecule has 0 atom stereocenters. The monoisotopic (exact) mass is 547 g/mol. The summed E-state index contributed by atoms with van der Waals surface area (Å²) in [5, 5.41) is 22.4. The number of amides is 1. The van der Waals surface area contributed by atoms with Crippen LogP contribution in [0.15, 0.2) is 71.0 Å². The fraction of sp³-hybridized carbons (Fsp3) is 0.160. The number of aliphatic carboxylic acids is 2. The van der Waals surface area contributed by atoms with Crippen molar-refractivity contribution in [2.24, 2.45) is 4.99 Å². The maximum Gasteiger partial charge on any atom is 0.356 e. The van der Waals surface area contributed by atoms with Crippen molar-refractivity contribution in [2.75, 3.05) is 18.5 Å². The van der Waals surface area contributed by atoms with Crippen molar-refractivity contribution < 1.29 is 34.1 Å². The van der Waals surface area contributed by atoms with Crippen LogP contribution in [0, 0.1) is 0 Å². The van der Waals surface area contributed by atoms with E-state index in [1.54, 1.807) is 31.2 Å². The topological polar surface area (TPSA) is 154 Å². The van der Waals surface area contributed by atoms with E-state index in [1.165, 1.54) is 6.92 Å². The van der Waals surface area contributed by atoms with E-state index in [-0.39, 0.29) is 18.8 Å². The molecule has 4 N–H and O–H groups in total. The smallest absolute Gasteiger partial charge is 0.356 e. The van der Waals surface area contributed by atoms with E-state index in [0.29, 0.717) is 39.3 Å². The molecule has 2 aromatic carbocycles. The number of hydrogen-bond donors (Lipinski definition) is 4. The molecule has 0 fully saturated rings. The van der Waals surface area contributed by atoms with Gasteiger partial charge in [-0.3, -0.25) is 9.79 Å². The number of aliphatic imine (C=N–C) groups is 1. The zero-order valence-electron chi connectivity index (χ0n) is 19.7. The molecular formula is C25H23Cl2N3O7. The summed E-state index contributed by atoms with van der Waals surface area (Å²) in [4.78, 5) is 47.9. The van der Waals surface area contributed by atoms with E-state index in [2.05, 4.69) is 15.6 Å². The van der Waals surface area contributed by atoms with Gasteiger partial charge < -0.3 is 25.6 Å². The number of esters is 1. The van der Waals surface area contributed by atoms with Crippen LogP contribution < -0.4 is 10.6 Å². The molecule has 0 aromatic heterocycles. The Labute approximate surface area is 222 Å². The Balaban J connectivity index is 0.000000521. The van der Waals surface area contributed by atoms with Crippen molar-refractivity contribution in [1.29, 1.82) is 0 Å². The molecule has 0 saturated heterocycles. The highest BCUT2D eigenvalue weighted by Crippen LogP contribution is 2.30. The number of carboxylic acid groups (broad SMARTS) is 2. The third-order valence-electron chi connectivity index (χ3n) is 4.50. The van der Waals surface area contributed by atoms with Crippen LogP contribution in [0.3, 0.4) is 0 Å². The lowest BCUT2D eigenvalue weighted by Crippen LogP contribution is -2.30. The van der Waals surface area contributed by atoms with Gasteiger partial charge in [0.1, 0.15) is 5.70 Å². The van der Waals surface area contributed by atoms with Crippen molar-refractivity contribution in [3.8, 4) is 0 Å². The summed E-state index contributed by atoms with van der Waals surface area (Å²) < 4.78 is 5.09. The SMILES string of the molecule is CCOC(=O)/C(NC(C)=O)=C1/CN=C(c2ccccc2Cl)c2cc(Cl)ccc2N1.O=C(O)/C=C\C(=O)O. The van der Waals surface area contributed by atoms with Gasteiger partial charge in [0, 0.05) is 45.9 Å². The molecule has 0 spiro atoms. The normalized spacial score (nSPS) is 13.6. The molecule has 0 aliphatic carbocycles. The zero-order chi connectivity index (χ0) is 27.5. The molecule has 0 unspecified atom stereocenters. The molecule has 37 heavy (non-hydrogen) atoms. The van der Waals surface area contributed by atoms with Crippen molar-refractivity contribution in [2.45, 2.75) is 13.8 Å². The Morgan fingerprint density at radius 2 is 1.70 bits per heavy atom. The van der Waals surface area contributed by atoms with Gasteiger partial charge in [-0.2, -0.15) is 0 Å². The highest BCUT2D eigenvalue weighted by Gasteiger charge is 2.24. The van der Waals surface area contributed by atoms with Gasteiger partial charge in [-0.15, -0.1) is 0 Å². The molecular weight excluding hydrogens is 525 g/mol. The minimum Gasteiger partial charge on any atom is -0.478 e. The molecule has 1 heterocycles. The number of fused-ring (bicyclic) bond motifs is 1. The van der Waals surface area contributed by atoms with Crippen LogP contribution in [0.2, 0.25) is 10.0 Å². The number of carbonyl (C=O) groups excluding carboxylic acids is 2. The molecule has 0 radical (unpaired) electrons. The second-order valence-corrected chi connectivity index (χ2v) is 8.07. The number of benzodiazepines with no additional fused rings is 1. The summed E-state index contributed by atoms with van der Waals surface area (Å²) >= 11 is 12.6. The highest BCUT2D eigenvalue weighted by atomic mass is 35.5. The van der Waals surface area contributed by atoms with Crippen molar-refractivity contribution in [3.63, 3.8) is 0 Å². The molecule has 12 heteroatoms. The summed E-state index contributed by atoms with van der Waals surface area (Å²) in [6, 6.07) is 12.6. The second kappa shape index (κ2) is 13.8. The number of carboxylic acids is 2. The number of carbonyl (C=O) groups is 4. The third kappa shape index (κ3) is 8.78. The van der Waals surface area contributed by atoms with Gasteiger partial charge in [0.15, 0.2) is 0 Å². The maximum absolute atomic E-state index is 12.4.